The molecule has 12 heteroatoms. The number of carbonyl (C=O) groups is 1. The summed E-state index contributed by atoms with van der Waals surface area (Å²) in [6, 6.07) is 7.51. The second kappa shape index (κ2) is 10.2. The van der Waals surface area contributed by atoms with E-state index >= 15 is 0 Å². The maximum atomic E-state index is 14.3. The lowest BCUT2D eigenvalue weighted by atomic mass is 10.0. The molecule has 1 N–H and O–H groups in total. The Morgan fingerprint density at radius 1 is 1.21 bits per heavy atom. The topological polar surface area (TPSA) is 135 Å². The van der Waals surface area contributed by atoms with Gasteiger partial charge in [-0.15, -0.1) is 11.3 Å². The molecule has 42 heavy (non-hydrogen) atoms. The minimum atomic E-state index is -1.57. The highest BCUT2D eigenvalue weighted by Crippen LogP contribution is 2.44. The molecule has 0 amide bonds. The standard InChI is InChI=1S/C30H31N3O8S/c1-16-23-26(34)33(30(9-10-30)28(35)36)29(37)32(27(23)42-24(16)25-31-11-12-39-25)15-22(20-5-3-4-6-21(20)38-2)41-19-13-17-7-8-18(14-19)40-17/h3-6,11-12,17-19,22H,7-10,13-15H2,1-2H3,(H,35,36)/t17-,18+,19+,22-/m0/s1. The van der Waals surface area contributed by atoms with E-state index < -0.39 is 28.9 Å². The van der Waals surface area contributed by atoms with Gasteiger partial charge in [0.15, 0.2) is 0 Å². The number of aryl methyl sites for hydroxylation is 1. The average Bonchev–Trinajstić information content (AvgIpc) is 3.27. The van der Waals surface area contributed by atoms with Gasteiger partial charge in [0, 0.05) is 5.56 Å². The molecular weight excluding hydrogens is 562 g/mol. The Morgan fingerprint density at radius 3 is 2.60 bits per heavy atom. The first kappa shape index (κ1) is 27.1. The van der Waals surface area contributed by atoms with Crippen LogP contribution in [0.25, 0.3) is 21.0 Å². The zero-order chi connectivity index (χ0) is 29.2. The molecule has 0 radical (unpaired) electrons. The summed E-state index contributed by atoms with van der Waals surface area (Å²) in [5.74, 6) is -0.251. The van der Waals surface area contributed by atoms with Crippen LogP contribution in [0, 0.1) is 6.92 Å². The van der Waals surface area contributed by atoms with Crippen LogP contribution in [0.4, 0.5) is 0 Å². The maximum absolute atomic E-state index is 14.3. The highest BCUT2D eigenvalue weighted by Gasteiger charge is 2.55. The number of hydrogen-bond donors (Lipinski definition) is 1. The van der Waals surface area contributed by atoms with Crippen molar-refractivity contribution in [3.63, 3.8) is 0 Å². The van der Waals surface area contributed by atoms with Crippen LogP contribution >= 0.6 is 11.3 Å². The van der Waals surface area contributed by atoms with Crippen LogP contribution in [-0.4, -0.2) is 50.6 Å². The van der Waals surface area contributed by atoms with Gasteiger partial charge in [0.1, 0.15) is 28.5 Å². The predicted octanol–water partition coefficient (Wildman–Crippen LogP) is 4.24. The molecule has 4 atom stereocenters. The van der Waals surface area contributed by atoms with Crippen molar-refractivity contribution in [2.45, 2.75) is 81.9 Å². The maximum Gasteiger partial charge on any atom is 0.333 e. The quantitative estimate of drug-likeness (QED) is 0.302. The third-order valence-corrected chi connectivity index (χ3v) is 10.1. The molecule has 3 aliphatic rings. The molecular formula is C30H31N3O8S. The van der Waals surface area contributed by atoms with Crippen LogP contribution in [0.5, 0.6) is 5.75 Å². The Morgan fingerprint density at radius 2 is 1.95 bits per heavy atom. The van der Waals surface area contributed by atoms with Crippen LogP contribution < -0.4 is 16.0 Å². The van der Waals surface area contributed by atoms with E-state index in [1.807, 2.05) is 24.3 Å². The number of carboxylic acids is 1. The predicted molar refractivity (Wildman–Crippen MR) is 153 cm³/mol. The summed E-state index contributed by atoms with van der Waals surface area (Å²) in [6.45, 7) is 1.81. The lowest BCUT2D eigenvalue weighted by Gasteiger charge is -2.32. The molecule has 1 aromatic carbocycles. The first-order valence-corrected chi connectivity index (χ1v) is 15.0. The van der Waals surface area contributed by atoms with Gasteiger partial charge < -0.3 is 23.7 Å². The van der Waals surface area contributed by atoms with Crippen molar-refractivity contribution < 1.29 is 28.5 Å². The fourth-order valence-corrected chi connectivity index (χ4v) is 7.78. The molecule has 220 valence electrons. The molecule has 2 bridgehead atoms. The second-order valence-corrected chi connectivity index (χ2v) is 12.4. The molecule has 0 unspecified atom stereocenters. The van der Waals surface area contributed by atoms with Gasteiger partial charge in [-0.2, -0.15) is 0 Å². The second-order valence-electron chi connectivity index (χ2n) is 11.4. The first-order valence-electron chi connectivity index (χ1n) is 14.2. The fraction of sp³-hybridized carbons (Fsp3) is 0.467. The zero-order valence-electron chi connectivity index (χ0n) is 23.3. The van der Waals surface area contributed by atoms with Gasteiger partial charge in [0.05, 0.1) is 48.4 Å². The van der Waals surface area contributed by atoms with E-state index in [1.165, 1.54) is 28.4 Å². The van der Waals surface area contributed by atoms with E-state index in [2.05, 4.69) is 4.98 Å². The van der Waals surface area contributed by atoms with E-state index in [9.17, 15) is 19.5 Å². The van der Waals surface area contributed by atoms with Crippen molar-refractivity contribution >= 4 is 27.5 Å². The molecule has 7 rings (SSSR count). The van der Waals surface area contributed by atoms with Crippen molar-refractivity contribution in [1.82, 2.24) is 14.1 Å². The number of thiophene rings is 1. The Bertz CT molecular complexity index is 1770. The molecule has 2 saturated heterocycles. The van der Waals surface area contributed by atoms with Crippen molar-refractivity contribution in [2.75, 3.05) is 7.11 Å². The van der Waals surface area contributed by atoms with Crippen LogP contribution in [0.1, 0.15) is 55.8 Å². The summed E-state index contributed by atoms with van der Waals surface area (Å²) in [5, 5.41) is 10.4. The van der Waals surface area contributed by atoms with Gasteiger partial charge in [-0.1, -0.05) is 18.2 Å². The number of oxazole rings is 1. The molecule has 5 heterocycles. The Hall–Kier alpha value is -3.74. The Labute approximate surface area is 244 Å². The molecule has 0 spiro atoms. The van der Waals surface area contributed by atoms with Gasteiger partial charge in [-0.25, -0.2) is 19.1 Å². The number of nitrogens with zero attached hydrogens (tertiary/aromatic N) is 3. The summed E-state index contributed by atoms with van der Waals surface area (Å²) in [5.41, 5.74) is -1.52. The highest BCUT2D eigenvalue weighted by atomic mass is 32.1. The van der Waals surface area contributed by atoms with E-state index in [4.69, 9.17) is 18.6 Å². The van der Waals surface area contributed by atoms with Crippen molar-refractivity contribution in [1.29, 1.82) is 0 Å². The molecule has 11 nitrogen and oxygen atoms in total. The first-order chi connectivity index (χ1) is 20.3. The molecule has 3 fully saturated rings. The van der Waals surface area contributed by atoms with Crippen LogP contribution in [-0.2, 0) is 26.4 Å². The zero-order valence-corrected chi connectivity index (χ0v) is 24.1. The largest absolute Gasteiger partial charge is 0.496 e. The number of rotatable bonds is 9. The van der Waals surface area contributed by atoms with Gasteiger partial charge in [0.25, 0.3) is 5.56 Å². The summed E-state index contributed by atoms with van der Waals surface area (Å²) >= 11 is 1.23. The van der Waals surface area contributed by atoms with Gasteiger partial charge in [-0.05, 0) is 57.1 Å². The number of methoxy groups -OCH3 is 1. The number of benzene rings is 1. The summed E-state index contributed by atoms with van der Waals surface area (Å²) in [7, 11) is 1.59. The van der Waals surface area contributed by atoms with E-state index in [0.717, 1.165) is 35.8 Å². The molecule has 1 aliphatic carbocycles. The van der Waals surface area contributed by atoms with E-state index in [0.29, 0.717) is 26.9 Å². The van der Waals surface area contributed by atoms with Crippen molar-refractivity contribution in [2.24, 2.45) is 0 Å². The van der Waals surface area contributed by atoms with Crippen LogP contribution in [0.3, 0.4) is 0 Å². The number of ether oxygens (including phenoxy) is 3. The Balaban J connectivity index is 1.41. The van der Waals surface area contributed by atoms with Crippen molar-refractivity contribution in [3.8, 4) is 16.5 Å². The number of aromatic nitrogens is 3. The lowest BCUT2D eigenvalue weighted by molar-refractivity contribution is -0.142. The number of para-hydroxylation sites is 1. The third kappa shape index (κ3) is 4.31. The minimum Gasteiger partial charge on any atom is -0.496 e. The van der Waals surface area contributed by atoms with E-state index in [-0.39, 0.29) is 43.1 Å². The van der Waals surface area contributed by atoms with Gasteiger partial charge in [0.2, 0.25) is 5.89 Å². The lowest BCUT2D eigenvalue weighted by Crippen LogP contribution is -2.49. The number of fused-ring (bicyclic) bond motifs is 3. The number of aliphatic carboxylic acids is 1. The van der Waals surface area contributed by atoms with Crippen LogP contribution in [0.2, 0.25) is 0 Å². The summed E-state index contributed by atoms with van der Waals surface area (Å²) < 4.78 is 26.5. The summed E-state index contributed by atoms with van der Waals surface area (Å²) in [4.78, 5) is 45.9. The average molecular weight is 594 g/mol. The SMILES string of the molecule is COc1ccccc1[C@H](Cn1c(=O)n(C2(C(=O)O)CC2)c(=O)c2c(C)c(-c3ncco3)sc21)O[C@H]1C[C@H]2CC[C@@H](C1)O2. The minimum absolute atomic E-state index is 0.0450. The van der Waals surface area contributed by atoms with Gasteiger partial charge in [-0.3, -0.25) is 9.36 Å². The third-order valence-electron chi connectivity index (χ3n) is 8.83. The molecule has 4 aromatic rings. The number of hydrogen-bond acceptors (Lipinski definition) is 9. The molecule has 1 saturated carbocycles. The fourth-order valence-electron chi connectivity index (χ4n) is 6.54. The molecule has 2 aliphatic heterocycles. The van der Waals surface area contributed by atoms with Gasteiger partial charge >= 0.3 is 11.7 Å². The number of carboxylic acid groups (broad SMARTS) is 1. The molecule has 3 aromatic heterocycles. The summed E-state index contributed by atoms with van der Waals surface area (Å²) in [6.07, 6.45) is 6.46. The van der Waals surface area contributed by atoms with Crippen molar-refractivity contribution in [3.05, 3.63) is 68.7 Å². The smallest absolute Gasteiger partial charge is 0.333 e. The highest BCUT2D eigenvalue weighted by molar-refractivity contribution is 7.22. The monoisotopic (exact) mass is 593 g/mol. The van der Waals surface area contributed by atoms with E-state index in [1.54, 1.807) is 14.0 Å². The normalized spacial score (nSPS) is 23.2. The Kier molecular flexibility index (Phi) is 6.59. The van der Waals surface area contributed by atoms with Crippen LogP contribution in [0.15, 0.2) is 50.7 Å².